The topological polar surface area (TPSA) is 199 Å². The fourth-order valence-corrected chi connectivity index (χ4v) is 6.60. The molecule has 0 radical (unpaired) electrons. The summed E-state index contributed by atoms with van der Waals surface area (Å²) in [6, 6.07) is 36.8. The molecular weight excluding hydrogens is 805 g/mol. The van der Waals surface area contributed by atoms with Crippen molar-refractivity contribution in [2.75, 3.05) is 33.2 Å². The van der Waals surface area contributed by atoms with Crippen molar-refractivity contribution in [3.8, 4) is 0 Å². The number of rotatable bonds is 18. The first-order chi connectivity index (χ1) is 27.4. The van der Waals surface area contributed by atoms with Gasteiger partial charge in [-0.1, -0.05) is 121 Å². The fourth-order valence-electron chi connectivity index (χ4n) is 4.09. The lowest BCUT2D eigenvalue weighted by Crippen LogP contribution is -2.33. The van der Waals surface area contributed by atoms with Gasteiger partial charge >= 0.3 is 27.1 Å². The summed E-state index contributed by atoms with van der Waals surface area (Å²) in [5.41, 5.74) is 8.93. The maximum absolute atomic E-state index is 12.2. The molecule has 4 rings (SSSR count). The van der Waals surface area contributed by atoms with Crippen molar-refractivity contribution in [3.63, 3.8) is 0 Å². The van der Waals surface area contributed by atoms with Crippen LogP contribution in [0.2, 0.25) is 0 Å². The first-order valence-electron chi connectivity index (χ1n) is 18.4. The molecule has 0 aliphatic rings. The Morgan fingerprint density at radius 1 is 0.569 bits per heavy atom. The van der Waals surface area contributed by atoms with Crippen molar-refractivity contribution in [2.24, 2.45) is 5.73 Å². The number of carbonyl (C=O) groups is 2. The molecule has 17 heteroatoms. The Balaban J connectivity index is 0.000000406. The quantitative estimate of drug-likeness (QED) is 0.0634. The van der Waals surface area contributed by atoms with Crippen LogP contribution in [0.1, 0.15) is 49.9 Å². The summed E-state index contributed by atoms with van der Waals surface area (Å²) in [7, 11) is -9.40. The Morgan fingerprint density at radius 2 is 0.879 bits per heavy atom. The second kappa shape index (κ2) is 28.6. The zero-order chi connectivity index (χ0) is 43.5. The van der Waals surface area contributed by atoms with Crippen LogP contribution in [0.4, 0.5) is 0 Å². The third-order valence-corrected chi connectivity index (χ3v) is 10.3. The third-order valence-electron chi connectivity index (χ3n) is 6.98. The summed E-state index contributed by atoms with van der Waals surface area (Å²) in [5.74, 6) is -0.777. The van der Waals surface area contributed by atoms with Crippen molar-refractivity contribution >= 4 is 34.6 Å². The standard InChI is InChI=1S/C15H17O3P.C13H20NO4P.C8H11O3P.C5H11NO2/c1-19(16,17-12-14-8-4-2-5-9-14)18-13-15-10-6-3-7-11-15;1-4-17-13(15)11(2)14-19(3,16)18-10-12-8-6-5-7-9-12;1-12(9,10)11-7-8-5-3-2-4-6-8;1-3-8-5(7)4(2)6/h2-11H,12-13H2,1H3;5-9,11H,4,10H2,1-3H3,(H,14,16);2-6H,7H2,1H3,(H,9,10);4H,3,6H2,1-2H3. The number of ether oxygens (including phenoxy) is 2. The molecule has 4 N–H and O–H groups in total. The predicted octanol–water partition coefficient (Wildman–Crippen LogP) is 8.73. The molecule has 0 aliphatic carbocycles. The van der Waals surface area contributed by atoms with Crippen LogP contribution in [0.15, 0.2) is 121 Å². The maximum Gasteiger partial charge on any atom is 0.328 e. The minimum absolute atomic E-state index is 0.186. The Bertz CT molecular complexity index is 1800. The first kappa shape index (κ1) is 52.2. The van der Waals surface area contributed by atoms with Crippen molar-refractivity contribution in [1.82, 2.24) is 5.09 Å². The van der Waals surface area contributed by atoms with Crippen LogP contribution in [-0.2, 0) is 77.3 Å². The van der Waals surface area contributed by atoms with Crippen LogP contribution < -0.4 is 10.8 Å². The van der Waals surface area contributed by atoms with Crippen molar-refractivity contribution in [3.05, 3.63) is 144 Å². The first-order valence-corrected chi connectivity index (χ1v) is 24.5. The number of hydrogen-bond donors (Lipinski definition) is 3. The van der Waals surface area contributed by atoms with E-state index in [-0.39, 0.29) is 19.2 Å². The lowest BCUT2D eigenvalue weighted by atomic mass is 10.2. The highest BCUT2D eigenvalue weighted by Gasteiger charge is 2.24. The van der Waals surface area contributed by atoms with E-state index in [2.05, 4.69) is 9.82 Å². The van der Waals surface area contributed by atoms with Gasteiger partial charge in [-0.05, 0) is 49.9 Å². The molecule has 58 heavy (non-hydrogen) atoms. The van der Waals surface area contributed by atoms with Crippen LogP contribution >= 0.6 is 22.7 Å². The summed E-state index contributed by atoms with van der Waals surface area (Å²) in [6.45, 7) is 12.5. The molecule has 0 spiro atoms. The third kappa shape index (κ3) is 27.0. The zero-order valence-corrected chi connectivity index (χ0v) is 37.0. The molecule has 0 saturated heterocycles. The van der Waals surface area contributed by atoms with E-state index in [1.165, 1.54) is 20.0 Å². The number of carbonyl (C=O) groups excluding carboxylic acids is 2. The van der Waals surface area contributed by atoms with Gasteiger partial charge in [-0.3, -0.25) is 23.3 Å². The normalized spacial score (nSPS) is 13.8. The smallest absolute Gasteiger partial charge is 0.328 e. The van der Waals surface area contributed by atoms with Crippen molar-refractivity contribution in [1.29, 1.82) is 0 Å². The summed E-state index contributed by atoms with van der Waals surface area (Å²) in [5, 5.41) is 2.67. The fraction of sp³-hybridized carbons (Fsp3) is 0.366. The molecule has 0 heterocycles. The number of hydrogen-bond acceptors (Lipinski definition) is 12. The van der Waals surface area contributed by atoms with Crippen LogP contribution in [0.3, 0.4) is 0 Å². The number of esters is 2. The minimum atomic E-state index is -3.33. The van der Waals surface area contributed by atoms with Gasteiger partial charge in [-0.2, -0.15) is 0 Å². The molecule has 0 saturated carbocycles. The maximum atomic E-state index is 12.2. The van der Waals surface area contributed by atoms with Gasteiger partial charge in [0, 0.05) is 20.0 Å². The van der Waals surface area contributed by atoms with Gasteiger partial charge in [0.05, 0.1) is 39.6 Å². The molecule has 4 atom stereocenters. The van der Waals surface area contributed by atoms with E-state index in [4.69, 9.17) is 33.5 Å². The van der Waals surface area contributed by atoms with Gasteiger partial charge in [0.2, 0.25) is 0 Å². The molecule has 4 unspecified atom stereocenters. The number of nitrogens with one attached hydrogen (secondary N) is 1. The van der Waals surface area contributed by atoms with E-state index in [9.17, 15) is 23.3 Å². The van der Waals surface area contributed by atoms with Crippen molar-refractivity contribution < 1.29 is 55.7 Å². The average Bonchev–Trinajstić information content (AvgIpc) is 3.20. The van der Waals surface area contributed by atoms with Gasteiger partial charge in [-0.25, -0.2) is 5.09 Å². The van der Waals surface area contributed by atoms with Crippen LogP contribution in [0.5, 0.6) is 0 Å². The van der Waals surface area contributed by atoms with Crippen LogP contribution in [-0.4, -0.2) is 62.1 Å². The second-order valence-corrected chi connectivity index (χ2v) is 18.7. The SMILES string of the molecule is CCOC(=O)C(C)N.CCOC(=O)C(C)NP(C)(=O)OCc1ccccc1.CP(=O)(O)OCc1ccccc1.CP(=O)(OCc1ccccc1)OCc1ccccc1. The summed E-state index contributed by atoms with van der Waals surface area (Å²) in [6.07, 6.45) is 0. The van der Waals surface area contributed by atoms with Gasteiger partial charge in [-0.15, -0.1) is 0 Å². The Hall–Kier alpha value is -3.77. The molecule has 0 amide bonds. The monoisotopic (exact) mass is 864 g/mol. The molecular formula is C41H59N2O12P3. The van der Waals surface area contributed by atoms with E-state index in [0.717, 1.165) is 22.3 Å². The Morgan fingerprint density at radius 3 is 1.17 bits per heavy atom. The highest BCUT2D eigenvalue weighted by molar-refractivity contribution is 7.56. The van der Waals surface area contributed by atoms with Gasteiger partial charge in [0.25, 0.3) is 7.52 Å². The van der Waals surface area contributed by atoms with E-state index in [0.29, 0.717) is 26.4 Å². The van der Waals surface area contributed by atoms with Gasteiger partial charge in [0.15, 0.2) is 0 Å². The molecule has 320 valence electrons. The highest BCUT2D eigenvalue weighted by Crippen LogP contribution is 2.45. The lowest BCUT2D eigenvalue weighted by Gasteiger charge is -2.19. The van der Waals surface area contributed by atoms with E-state index in [1.807, 2.05) is 121 Å². The van der Waals surface area contributed by atoms with Crippen LogP contribution in [0.25, 0.3) is 0 Å². The molecule has 4 aromatic rings. The van der Waals surface area contributed by atoms with E-state index >= 15 is 0 Å². The molecule has 4 aromatic carbocycles. The van der Waals surface area contributed by atoms with Gasteiger partial charge < -0.3 is 38.2 Å². The minimum Gasteiger partial charge on any atom is -0.465 e. The molecule has 0 aromatic heterocycles. The van der Waals surface area contributed by atoms with Crippen molar-refractivity contribution in [2.45, 2.75) is 66.2 Å². The molecule has 0 fully saturated rings. The summed E-state index contributed by atoms with van der Waals surface area (Å²) in [4.78, 5) is 30.6. The molecule has 0 aliphatic heterocycles. The Kier molecular flexibility index (Phi) is 25.8. The zero-order valence-electron chi connectivity index (χ0n) is 34.3. The highest BCUT2D eigenvalue weighted by atomic mass is 31.2. The lowest BCUT2D eigenvalue weighted by molar-refractivity contribution is -0.145. The Labute approximate surface area is 343 Å². The average molecular weight is 865 g/mol. The second-order valence-electron chi connectivity index (χ2n) is 12.6. The van der Waals surface area contributed by atoms with E-state index < -0.39 is 40.8 Å². The largest absolute Gasteiger partial charge is 0.465 e. The number of benzene rings is 4. The number of nitrogens with two attached hydrogens (primary N) is 1. The predicted molar refractivity (Wildman–Crippen MR) is 227 cm³/mol. The van der Waals surface area contributed by atoms with E-state index in [1.54, 1.807) is 27.7 Å². The summed E-state index contributed by atoms with van der Waals surface area (Å²) < 4.78 is 65.2. The van der Waals surface area contributed by atoms with Gasteiger partial charge in [0.1, 0.15) is 12.1 Å². The molecule has 0 bridgehead atoms. The summed E-state index contributed by atoms with van der Waals surface area (Å²) >= 11 is 0. The van der Waals surface area contributed by atoms with Crippen LogP contribution in [0, 0.1) is 0 Å². The molecule has 14 nitrogen and oxygen atoms in total.